The Bertz CT molecular complexity index is 593. The zero-order valence-corrected chi connectivity index (χ0v) is 17.8. The highest BCUT2D eigenvalue weighted by atomic mass is 79.9. The second-order valence-electron chi connectivity index (χ2n) is 6.24. The van der Waals surface area contributed by atoms with Crippen LogP contribution < -0.4 is 16.0 Å². The standard InChI is InChI=1S/C19H29BrN4OS/c1-2-21-19(24-13-12-22-18(25)15-9-10-15)23-11-5-6-14-26-17-8-4-3-7-16(17)20/h3-4,7-8,15H,2,5-6,9-14H2,1H3,(H,22,25)(H2,21,23,24). The molecule has 1 amide bonds. The lowest BCUT2D eigenvalue weighted by atomic mass is 10.3. The highest BCUT2D eigenvalue weighted by Gasteiger charge is 2.28. The lowest BCUT2D eigenvalue weighted by Gasteiger charge is -2.11. The average Bonchev–Trinajstić information content (AvgIpc) is 3.48. The zero-order valence-electron chi connectivity index (χ0n) is 15.4. The summed E-state index contributed by atoms with van der Waals surface area (Å²) >= 11 is 5.46. The highest BCUT2D eigenvalue weighted by Crippen LogP contribution is 2.28. The molecule has 0 bridgehead atoms. The Labute approximate surface area is 169 Å². The molecule has 0 unspecified atom stereocenters. The second kappa shape index (κ2) is 12.2. The molecule has 0 saturated heterocycles. The van der Waals surface area contributed by atoms with Gasteiger partial charge in [0, 0.05) is 41.5 Å². The third-order valence-electron chi connectivity index (χ3n) is 3.93. The fraction of sp³-hybridized carbons (Fsp3) is 0.579. The van der Waals surface area contributed by atoms with Crippen LogP contribution in [0.1, 0.15) is 32.6 Å². The minimum atomic E-state index is 0.191. The molecular weight excluding hydrogens is 412 g/mol. The van der Waals surface area contributed by atoms with Gasteiger partial charge in [-0.05, 0) is 66.4 Å². The maximum atomic E-state index is 11.6. The molecule has 0 heterocycles. The van der Waals surface area contributed by atoms with Gasteiger partial charge in [0.1, 0.15) is 0 Å². The molecule has 1 fully saturated rings. The third kappa shape index (κ3) is 8.45. The normalized spacial score (nSPS) is 14.2. The summed E-state index contributed by atoms with van der Waals surface area (Å²) in [7, 11) is 0. The van der Waals surface area contributed by atoms with Crippen LogP contribution in [0.15, 0.2) is 38.6 Å². The van der Waals surface area contributed by atoms with E-state index in [2.05, 4.69) is 62.0 Å². The fourth-order valence-electron chi connectivity index (χ4n) is 2.35. The topological polar surface area (TPSA) is 65.5 Å². The van der Waals surface area contributed by atoms with Crippen LogP contribution in [0.2, 0.25) is 0 Å². The van der Waals surface area contributed by atoms with E-state index in [-0.39, 0.29) is 11.8 Å². The van der Waals surface area contributed by atoms with Crippen LogP contribution in [0.3, 0.4) is 0 Å². The summed E-state index contributed by atoms with van der Waals surface area (Å²) in [5.41, 5.74) is 0. The predicted octanol–water partition coefficient (Wildman–Crippen LogP) is 3.40. The summed E-state index contributed by atoms with van der Waals surface area (Å²) in [5.74, 6) is 2.38. The van der Waals surface area contributed by atoms with Crippen molar-refractivity contribution in [1.29, 1.82) is 0 Å². The van der Waals surface area contributed by atoms with E-state index < -0.39 is 0 Å². The molecule has 0 spiro atoms. The van der Waals surface area contributed by atoms with Crippen LogP contribution in [0.25, 0.3) is 0 Å². The van der Waals surface area contributed by atoms with Gasteiger partial charge in [-0.15, -0.1) is 11.8 Å². The number of carbonyl (C=O) groups excluding carboxylic acids is 1. The number of guanidine groups is 1. The minimum absolute atomic E-state index is 0.191. The number of benzene rings is 1. The van der Waals surface area contributed by atoms with Crippen LogP contribution in [0.5, 0.6) is 0 Å². The van der Waals surface area contributed by atoms with Crippen molar-refractivity contribution in [3.63, 3.8) is 0 Å². The van der Waals surface area contributed by atoms with Gasteiger partial charge in [-0.1, -0.05) is 12.1 Å². The van der Waals surface area contributed by atoms with Crippen LogP contribution >= 0.6 is 27.7 Å². The third-order valence-corrected chi connectivity index (χ3v) is 6.04. The van der Waals surface area contributed by atoms with Gasteiger partial charge in [-0.25, -0.2) is 0 Å². The van der Waals surface area contributed by atoms with Gasteiger partial charge in [0.15, 0.2) is 5.96 Å². The van der Waals surface area contributed by atoms with E-state index in [4.69, 9.17) is 0 Å². The second-order valence-corrected chi connectivity index (χ2v) is 8.23. The van der Waals surface area contributed by atoms with Gasteiger partial charge in [0.25, 0.3) is 0 Å². The van der Waals surface area contributed by atoms with Crippen LogP contribution in [-0.2, 0) is 4.79 Å². The number of hydrogen-bond acceptors (Lipinski definition) is 3. The van der Waals surface area contributed by atoms with E-state index in [1.807, 2.05) is 17.8 Å². The smallest absolute Gasteiger partial charge is 0.223 e. The summed E-state index contributed by atoms with van der Waals surface area (Å²) < 4.78 is 1.16. The monoisotopic (exact) mass is 440 g/mol. The summed E-state index contributed by atoms with van der Waals surface area (Å²) in [6, 6.07) is 8.32. The average molecular weight is 441 g/mol. The first-order valence-electron chi connectivity index (χ1n) is 9.38. The number of unbranched alkanes of at least 4 members (excludes halogenated alkanes) is 1. The van der Waals surface area contributed by atoms with Gasteiger partial charge >= 0.3 is 0 Å². The molecule has 1 saturated carbocycles. The summed E-state index contributed by atoms with van der Waals surface area (Å²) in [5, 5.41) is 9.47. The van der Waals surface area contributed by atoms with Gasteiger partial charge in [0.05, 0.1) is 0 Å². The molecule has 1 aliphatic carbocycles. The Hall–Kier alpha value is -1.21. The van der Waals surface area contributed by atoms with Crippen LogP contribution in [0, 0.1) is 5.92 Å². The van der Waals surface area contributed by atoms with E-state index in [1.165, 1.54) is 4.90 Å². The van der Waals surface area contributed by atoms with E-state index >= 15 is 0 Å². The first-order chi connectivity index (χ1) is 12.7. The highest BCUT2D eigenvalue weighted by molar-refractivity contribution is 9.10. The lowest BCUT2D eigenvalue weighted by molar-refractivity contribution is -0.122. The Morgan fingerprint density at radius 2 is 1.96 bits per heavy atom. The van der Waals surface area contributed by atoms with E-state index in [1.54, 1.807) is 0 Å². The number of thioether (sulfide) groups is 1. The number of nitrogens with one attached hydrogen (secondary N) is 3. The van der Waals surface area contributed by atoms with Crippen molar-refractivity contribution in [3.05, 3.63) is 28.7 Å². The maximum absolute atomic E-state index is 11.6. The van der Waals surface area contributed by atoms with E-state index in [0.29, 0.717) is 13.1 Å². The van der Waals surface area contributed by atoms with Gasteiger partial charge in [0.2, 0.25) is 5.91 Å². The van der Waals surface area contributed by atoms with Crippen molar-refractivity contribution >= 4 is 39.6 Å². The fourth-order valence-corrected chi connectivity index (χ4v) is 3.92. The largest absolute Gasteiger partial charge is 0.357 e. The molecule has 7 heteroatoms. The molecule has 1 aromatic carbocycles. The Balaban J connectivity index is 1.56. The SMILES string of the molecule is CCNC(=NCCCCSc1ccccc1Br)NCCNC(=O)C1CC1. The van der Waals surface area contributed by atoms with Gasteiger partial charge in [-0.3, -0.25) is 9.79 Å². The molecule has 26 heavy (non-hydrogen) atoms. The van der Waals surface area contributed by atoms with Crippen molar-refractivity contribution in [1.82, 2.24) is 16.0 Å². The molecule has 3 N–H and O–H groups in total. The Morgan fingerprint density at radius 1 is 1.19 bits per heavy atom. The van der Waals surface area contributed by atoms with E-state index in [9.17, 15) is 4.79 Å². The first-order valence-corrected chi connectivity index (χ1v) is 11.2. The summed E-state index contributed by atoms with van der Waals surface area (Å²) in [6.45, 7) is 5.03. The van der Waals surface area contributed by atoms with Crippen molar-refractivity contribution in [3.8, 4) is 0 Å². The number of halogens is 1. The van der Waals surface area contributed by atoms with Crippen molar-refractivity contribution in [2.24, 2.45) is 10.9 Å². The zero-order chi connectivity index (χ0) is 18.6. The summed E-state index contributed by atoms with van der Waals surface area (Å²) in [4.78, 5) is 17.5. The molecule has 0 atom stereocenters. The number of nitrogens with zero attached hydrogens (tertiary/aromatic N) is 1. The number of hydrogen-bond donors (Lipinski definition) is 3. The molecular formula is C19H29BrN4OS. The van der Waals surface area contributed by atoms with Crippen LogP contribution in [-0.4, -0.2) is 43.8 Å². The predicted molar refractivity (Wildman–Crippen MR) is 114 cm³/mol. The van der Waals surface area contributed by atoms with E-state index in [0.717, 1.165) is 55.0 Å². The quantitative estimate of drug-likeness (QED) is 0.213. The van der Waals surface area contributed by atoms with Crippen LogP contribution in [0.4, 0.5) is 0 Å². The molecule has 1 aromatic rings. The first kappa shape index (κ1) is 21.1. The van der Waals surface area contributed by atoms with Gasteiger partial charge in [-0.2, -0.15) is 0 Å². The van der Waals surface area contributed by atoms with Crippen molar-refractivity contribution < 1.29 is 4.79 Å². The molecule has 0 aromatic heterocycles. The molecule has 2 rings (SSSR count). The van der Waals surface area contributed by atoms with Crippen molar-refractivity contribution in [2.45, 2.75) is 37.5 Å². The van der Waals surface area contributed by atoms with Crippen molar-refractivity contribution in [2.75, 3.05) is 31.9 Å². The lowest BCUT2D eigenvalue weighted by Crippen LogP contribution is -2.41. The minimum Gasteiger partial charge on any atom is -0.357 e. The Kier molecular flexibility index (Phi) is 9.92. The molecule has 144 valence electrons. The molecule has 0 aliphatic heterocycles. The molecule has 5 nitrogen and oxygen atoms in total. The molecule has 0 radical (unpaired) electrons. The van der Waals surface area contributed by atoms with Gasteiger partial charge < -0.3 is 16.0 Å². The molecule has 1 aliphatic rings. The number of carbonyl (C=O) groups is 1. The maximum Gasteiger partial charge on any atom is 0.223 e. The number of aliphatic imine (C=N–C) groups is 1. The number of rotatable bonds is 11. The summed E-state index contributed by atoms with van der Waals surface area (Å²) in [6.07, 6.45) is 4.28. The number of amides is 1. The Morgan fingerprint density at radius 3 is 2.69 bits per heavy atom.